The monoisotopic (exact) mass is 513 g/mol. The van der Waals surface area contributed by atoms with E-state index < -0.39 is 6.09 Å². The number of fused-ring (bicyclic) bond motifs is 3. The molecule has 4 aromatic rings. The molecule has 0 bridgehead atoms. The number of H-pyrrole nitrogens is 1. The number of ether oxygens (including phenoxy) is 2. The molecule has 10 nitrogen and oxygen atoms in total. The zero-order valence-electron chi connectivity index (χ0n) is 21.9. The number of methoxy groups -OCH3 is 1. The van der Waals surface area contributed by atoms with Gasteiger partial charge in [0.15, 0.2) is 5.65 Å². The van der Waals surface area contributed by atoms with E-state index in [-0.39, 0.29) is 5.95 Å². The number of rotatable bonds is 4. The standard InChI is InChI=1S/C28H31N7O3/c1-4-17-5-7-21-22(11-17)30-16(2)31-26(21)35-9-10-38-24-8-6-18(12-20(24)15-35)19-13-23-25(29-14-19)33-27(32-23)34-28(36)37-3/h6,8,12-14,17H,4-5,7,9-11,15H2,1-3H3,(H2,29,32,33,34,36)/t17-/m0/s1. The average Bonchev–Trinajstić information content (AvgIpc) is 3.20. The summed E-state index contributed by atoms with van der Waals surface area (Å²) in [5, 5.41) is 2.54. The summed E-state index contributed by atoms with van der Waals surface area (Å²) < 4.78 is 10.8. The Labute approximate surface area is 220 Å². The molecule has 4 heterocycles. The topological polar surface area (TPSA) is 118 Å². The number of nitrogens with one attached hydrogen (secondary N) is 2. The van der Waals surface area contributed by atoms with Crippen molar-refractivity contribution in [2.24, 2.45) is 5.92 Å². The van der Waals surface area contributed by atoms with Gasteiger partial charge in [0.05, 0.1) is 19.2 Å². The Balaban J connectivity index is 1.31. The van der Waals surface area contributed by atoms with Crippen LogP contribution in [0.1, 0.15) is 42.4 Å². The molecule has 1 aromatic carbocycles. The number of aromatic nitrogens is 5. The fourth-order valence-electron chi connectivity index (χ4n) is 5.42. The van der Waals surface area contributed by atoms with E-state index in [0.717, 1.165) is 59.0 Å². The minimum atomic E-state index is -0.593. The summed E-state index contributed by atoms with van der Waals surface area (Å²) in [6.45, 7) is 6.32. The fraction of sp³-hybridized carbons (Fsp3) is 0.393. The number of amides is 1. The molecule has 0 spiro atoms. The summed E-state index contributed by atoms with van der Waals surface area (Å²) in [7, 11) is 1.31. The predicted molar refractivity (Wildman–Crippen MR) is 144 cm³/mol. The van der Waals surface area contributed by atoms with Gasteiger partial charge in [0, 0.05) is 35.1 Å². The number of imidazole rings is 1. The lowest BCUT2D eigenvalue weighted by molar-refractivity contribution is 0.186. The van der Waals surface area contributed by atoms with Crippen LogP contribution in [0.4, 0.5) is 16.6 Å². The summed E-state index contributed by atoms with van der Waals surface area (Å²) in [5.74, 6) is 3.76. The number of anilines is 2. The van der Waals surface area contributed by atoms with Crippen molar-refractivity contribution in [2.45, 2.75) is 46.1 Å². The molecule has 1 aliphatic heterocycles. The van der Waals surface area contributed by atoms with Gasteiger partial charge in [-0.2, -0.15) is 4.98 Å². The molecule has 10 heteroatoms. The van der Waals surface area contributed by atoms with Gasteiger partial charge in [0.1, 0.15) is 24.0 Å². The van der Waals surface area contributed by atoms with E-state index in [2.05, 4.69) is 42.9 Å². The number of benzene rings is 1. The Morgan fingerprint density at radius 1 is 1.24 bits per heavy atom. The first-order valence-electron chi connectivity index (χ1n) is 13.1. The molecule has 0 fully saturated rings. The third kappa shape index (κ3) is 4.62. The first-order chi connectivity index (χ1) is 18.5. The number of aromatic amines is 1. The van der Waals surface area contributed by atoms with Gasteiger partial charge in [0.2, 0.25) is 5.95 Å². The summed E-state index contributed by atoms with van der Waals surface area (Å²) in [6.07, 6.45) is 5.63. The minimum Gasteiger partial charge on any atom is -0.491 e. The maximum absolute atomic E-state index is 11.5. The summed E-state index contributed by atoms with van der Waals surface area (Å²) >= 11 is 0. The van der Waals surface area contributed by atoms with Crippen molar-refractivity contribution in [3.8, 4) is 16.9 Å². The molecule has 3 aromatic heterocycles. The van der Waals surface area contributed by atoms with E-state index in [4.69, 9.17) is 14.7 Å². The van der Waals surface area contributed by atoms with Crippen molar-refractivity contribution in [2.75, 3.05) is 30.5 Å². The highest BCUT2D eigenvalue weighted by Crippen LogP contribution is 2.35. The number of carbonyl (C=O) groups is 1. The van der Waals surface area contributed by atoms with Crippen molar-refractivity contribution in [1.29, 1.82) is 0 Å². The molecule has 1 aliphatic carbocycles. The van der Waals surface area contributed by atoms with Gasteiger partial charge in [0.25, 0.3) is 0 Å². The van der Waals surface area contributed by atoms with Crippen LogP contribution in [0.5, 0.6) is 5.75 Å². The Kier molecular flexibility index (Phi) is 6.30. The smallest absolute Gasteiger partial charge is 0.413 e. The van der Waals surface area contributed by atoms with Crippen LogP contribution in [0.15, 0.2) is 30.5 Å². The Bertz CT molecular complexity index is 1520. The molecule has 2 aliphatic rings. The van der Waals surface area contributed by atoms with Crippen molar-refractivity contribution in [3.63, 3.8) is 0 Å². The first kappa shape index (κ1) is 24.1. The minimum absolute atomic E-state index is 0.288. The third-order valence-electron chi connectivity index (χ3n) is 7.46. The molecule has 0 saturated carbocycles. The van der Waals surface area contributed by atoms with Gasteiger partial charge in [-0.1, -0.05) is 19.4 Å². The molecular formula is C28H31N7O3. The molecule has 2 N–H and O–H groups in total. The lowest BCUT2D eigenvalue weighted by Crippen LogP contribution is -2.29. The second-order valence-corrected chi connectivity index (χ2v) is 9.93. The first-order valence-corrected chi connectivity index (χ1v) is 13.1. The quantitative estimate of drug-likeness (QED) is 0.399. The molecule has 1 atom stereocenters. The fourth-order valence-corrected chi connectivity index (χ4v) is 5.42. The van der Waals surface area contributed by atoms with Gasteiger partial charge < -0.3 is 19.4 Å². The highest BCUT2D eigenvalue weighted by molar-refractivity contribution is 5.86. The highest BCUT2D eigenvalue weighted by Gasteiger charge is 2.27. The molecule has 38 heavy (non-hydrogen) atoms. The second-order valence-electron chi connectivity index (χ2n) is 9.93. The van der Waals surface area contributed by atoms with Gasteiger partial charge in [-0.25, -0.2) is 19.7 Å². The number of hydrogen-bond donors (Lipinski definition) is 2. The zero-order chi connectivity index (χ0) is 26.2. The molecular weight excluding hydrogens is 482 g/mol. The normalized spacial score (nSPS) is 16.8. The van der Waals surface area contributed by atoms with Crippen molar-refractivity contribution in [1.82, 2.24) is 24.9 Å². The van der Waals surface area contributed by atoms with E-state index in [1.165, 1.54) is 31.2 Å². The van der Waals surface area contributed by atoms with E-state index >= 15 is 0 Å². The predicted octanol–water partition coefficient (Wildman–Crippen LogP) is 4.82. The second kappa shape index (κ2) is 9.92. The van der Waals surface area contributed by atoms with Gasteiger partial charge >= 0.3 is 6.09 Å². The van der Waals surface area contributed by atoms with Crippen LogP contribution in [0, 0.1) is 12.8 Å². The third-order valence-corrected chi connectivity index (χ3v) is 7.46. The summed E-state index contributed by atoms with van der Waals surface area (Å²) in [6, 6.07) is 8.21. The number of pyridine rings is 1. The van der Waals surface area contributed by atoms with Crippen molar-refractivity contribution >= 4 is 29.0 Å². The molecule has 196 valence electrons. The molecule has 0 radical (unpaired) electrons. The van der Waals surface area contributed by atoms with Gasteiger partial charge in [-0.15, -0.1) is 0 Å². The van der Waals surface area contributed by atoms with E-state index in [1.54, 1.807) is 6.20 Å². The van der Waals surface area contributed by atoms with Crippen LogP contribution >= 0.6 is 0 Å². The van der Waals surface area contributed by atoms with Crippen LogP contribution in [0.25, 0.3) is 22.3 Å². The zero-order valence-corrected chi connectivity index (χ0v) is 21.9. The maximum Gasteiger partial charge on any atom is 0.413 e. The van der Waals surface area contributed by atoms with Crippen LogP contribution < -0.4 is 15.0 Å². The largest absolute Gasteiger partial charge is 0.491 e. The molecule has 0 unspecified atom stereocenters. The number of hydrogen-bond acceptors (Lipinski definition) is 8. The van der Waals surface area contributed by atoms with Crippen molar-refractivity contribution < 1.29 is 14.3 Å². The van der Waals surface area contributed by atoms with E-state index in [9.17, 15) is 4.79 Å². The van der Waals surface area contributed by atoms with Crippen LogP contribution in [-0.2, 0) is 24.1 Å². The van der Waals surface area contributed by atoms with Gasteiger partial charge in [-0.05, 0) is 55.9 Å². The van der Waals surface area contributed by atoms with E-state index in [1.807, 2.05) is 25.1 Å². The van der Waals surface area contributed by atoms with Crippen LogP contribution in [0.3, 0.4) is 0 Å². The maximum atomic E-state index is 11.5. The van der Waals surface area contributed by atoms with Crippen molar-refractivity contribution in [3.05, 3.63) is 53.1 Å². The molecule has 6 rings (SSSR count). The number of nitrogens with zero attached hydrogens (tertiary/aromatic N) is 5. The molecule has 0 saturated heterocycles. The molecule has 1 amide bonds. The summed E-state index contributed by atoms with van der Waals surface area (Å²) in [5.41, 5.74) is 6.80. The lowest BCUT2D eigenvalue weighted by Gasteiger charge is -2.29. The SMILES string of the molecule is CC[C@H]1CCc2c(nc(C)nc2N2CCOc3ccc(-c4cnc5nc(NC(=O)OC)[nH]c5c4)cc3C2)C1. The summed E-state index contributed by atoms with van der Waals surface area (Å²) in [4.78, 5) is 35.5. The Morgan fingerprint density at radius 2 is 2.13 bits per heavy atom. The number of aryl methyl sites for hydroxylation is 1. The van der Waals surface area contributed by atoms with Crippen LogP contribution in [-0.4, -0.2) is 51.3 Å². The van der Waals surface area contributed by atoms with E-state index in [0.29, 0.717) is 24.7 Å². The van der Waals surface area contributed by atoms with Crippen LogP contribution in [0.2, 0.25) is 0 Å². The highest BCUT2D eigenvalue weighted by atomic mass is 16.5. The van der Waals surface area contributed by atoms with Gasteiger partial charge in [-0.3, -0.25) is 5.32 Å². The Hall–Kier alpha value is -4.21. The number of carbonyl (C=O) groups excluding carboxylic acids is 1. The average molecular weight is 514 g/mol. The lowest BCUT2D eigenvalue weighted by atomic mass is 9.85. The Morgan fingerprint density at radius 3 is 2.97 bits per heavy atom.